The Morgan fingerprint density at radius 1 is 1.10 bits per heavy atom. The van der Waals surface area contributed by atoms with E-state index in [1.165, 1.54) is 0 Å². The second-order valence-corrected chi connectivity index (χ2v) is 5.18. The summed E-state index contributed by atoms with van der Waals surface area (Å²) in [5, 5.41) is 2.15. The fourth-order valence-electron chi connectivity index (χ4n) is 2.24. The molecule has 3 rings (SSSR count). The fourth-order valence-corrected chi connectivity index (χ4v) is 2.24. The fraction of sp³-hybridized carbons (Fsp3) is 0.188. The molecule has 0 saturated heterocycles. The first-order valence-corrected chi connectivity index (χ1v) is 6.88. The summed E-state index contributed by atoms with van der Waals surface area (Å²) in [6.45, 7) is 4.17. The molecule has 0 aliphatic rings. The number of anilines is 1. The van der Waals surface area contributed by atoms with Gasteiger partial charge in [0.05, 0.1) is 0 Å². The minimum absolute atomic E-state index is 0.286. The maximum absolute atomic E-state index is 5.52. The number of hydrazine groups is 1. The molecule has 0 fully saturated rings. The first-order chi connectivity index (χ1) is 10.2. The molecule has 0 saturated carbocycles. The van der Waals surface area contributed by atoms with Gasteiger partial charge >= 0.3 is 0 Å². The van der Waals surface area contributed by atoms with Gasteiger partial charge in [-0.05, 0) is 17.4 Å². The molecule has 2 heterocycles. The number of hydrogen-bond acceptors (Lipinski definition) is 5. The summed E-state index contributed by atoms with van der Waals surface area (Å²) in [4.78, 5) is 13.5. The van der Waals surface area contributed by atoms with E-state index in [0.717, 1.165) is 22.2 Å². The number of nitrogen functional groups attached to an aromatic ring is 1. The molecule has 0 unspecified atom stereocenters. The molecule has 106 valence electrons. The van der Waals surface area contributed by atoms with Crippen LogP contribution in [-0.2, 0) is 0 Å². The van der Waals surface area contributed by atoms with Crippen LogP contribution in [0.4, 0.5) is 5.82 Å². The second kappa shape index (κ2) is 5.46. The summed E-state index contributed by atoms with van der Waals surface area (Å²) in [5.74, 6) is 6.99. The van der Waals surface area contributed by atoms with Crippen molar-refractivity contribution in [2.24, 2.45) is 5.84 Å². The lowest BCUT2D eigenvalue weighted by molar-refractivity contribution is 0.816. The van der Waals surface area contributed by atoms with Gasteiger partial charge in [-0.25, -0.2) is 15.8 Å². The van der Waals surface area contributed by atoms with Gasteiger partial charge in [-0.3, -0.25) is 4.98 Å². The van der Waals surface area contributed by atoms with E-state index in [9.17, 15) is 0 Å². The van der Waals surface area contributed by atoms with E-state index < -0.39 is 0 Å². The predicted octanol–water partition coefficient (Wildman–Crippen LogP) is 3.10. The first-order valence-electron chi connectivity index (χ1n) is 6.88. The Bertz CT molecular complexity index is 777. The Hall–Kier alpha value is -2.53. The lowest BCUT2D eigenvalue weighted by Crippen LogP contribution is -2.11. The van der Waals surface area contributed by atoms with Gasteiger partial charge < -0.3 is 5.43 Å². The molecule has 2 aromatic heterocycles. The molecule has 3 N–H and O–H groups in total. The third-order valence-corrected chi connectivity index (χ3v) is 3.37. The molecule has 0 spiro atoms. The smallest absolute Gasteiger partial charge is 0.181 e. The van der Waals surface area contributed by atoms with E-state index >= 15 is 0 Å². The van der Waals surface area contributed by atoms with Gasteiger partial charge in [0, 0.05) is 23.3 Å². The zero-order chi connectivity index (χ0) is 14.8. The van der Waals surface area contributed by atoms with Crippen LogP contribution in [0, 0.1) is 0 Å². The molecule has 0 aliphatic heterocycles. The van der Waals surface area contributed by atoms with Crippen molar-refractivity contribution in [1.29, 1.82) is 0 Å². The van der Waals surface area contributed by atoms with Crippen molar-refractivity contribution in [2.75, 3.05) is 5.43 Å². The van der Waals surface area contributed by atoms with Crippen molar-refractivity contribution in [3.8, 4) is 11.5 Å². The monoisotopic (exact) mass is 279 g/mol. The molecule has 0 amide bonds. The van der Waals surface area contributed by atoms with Crippen LogP contribution in [0.25, 0.3) is 22.3 Å². The van der Waals surface area contributed by atoms with Crippen LogP contribution >= 0.6 is 0 Å². The van der Waals surface area contributed by atoms with Crippen LogP contribution < -0.4 is 11.3 Å². The highest BCUT2D eigenvalue weighted by molar-refractivity contribution is 5.92. The highest BCUT2D eigenvalue weighted by atomic mass is 15.3. The van der Waals surface area contributed by atoms with E-state index in [-0.39, 0.29) is 5.92 Å². The van der Waals surface area contributed by atoms with Gasteiger partial charge in [0.2, 0.25) is 0 Å². The molecule has 0 aliphatic carbocycles. The van der Waals surface area contributed by atoms with E-state index in [0.29, 0.717) is 11.6 Å². The zero-order valence-corrected chi connectivity index (χ0v) is 12.0. The lowest BCUT2D eigenvalue weighted by Gasteiger charge is -2.10. The Balaban J connectivity index is 2.25. The largest absolute Gasteiger partial charge is 0.308 e. The number of aromatic nitrogens is 3. The molecule has 1 aromatic carbocycles. The van der Waals surface area contributed by atoms with Gasteiger partial charge in [-0.15, -0.1) is 0 Å². The van der Waals surface area contributed by atoms with Gasteiger partial charge in [0.1, 0.15) is 11.5 Å². The Labute approximate surface area is 123 Å². The third-order valence-electron chi connectivity index (χ3n) is 3.37. The van der Waals surface area contributed by atoms with Gasteiger partial charge in [0.15, 0.2) is 5.82 Å². The highest BCUT2D eigenvalue weighted by Gasteiger charge is 2.12. The van der Waals surface area contributed by atoms with Crippen LogP contribution in [-0.4, -0.2) is 15.0 Å². The highest BCUT2D eigenvalue weighted by Crippen LogP contribution is 2.26. The maximum Gasteiger partial charge on any atom is 0.181 e. The number of fused-ring (bicyclic) bond motifs is 1. The topological polar surface area (TPSA) is 76.7 Å². The summed E-state index contributed by atoms with van der Waals surface area (Å²) in [6, 6.07) is 11.9. The van der Waals surface area contributed by atoms with Gasteiger partial charge in [-0.2, -0.15) is 0 Å². The Morgan fingerprint density at radius 3 is 2.67 bits per heavy atom. The van der Waals surface area contributed by atoms with Crippen molar-refractivity contribution in [1.82, 2.24) is 15.0 Å². The normalized spacial score (nSPS) is 11.0. The van der Waals surface area contributed by atoms with E-state index in [1.807, 2.05) is 30.3 Å². The minimum Gasteiger partial charge on any atom is -0.308 e. The van der Waals surface area contributed by atoms with Crippen molar-refractivity contribution < 1.29 is 0 Å². The van der Waals surface area contributed by atoms with Crippen molar-refractivity contribution >= 4 is 16.6 Å². The van der Waals surface area contributed by atoms with E-state index in [1.54, 1.807) is 6.20 Å². The first kappa shape index (κ1) is 13.5. The van der Waals surface area contributed by atoms with Gasteiger partial charge in [0.25, 0.3) is 0 Å². The van der Waals surface area contributed by atoms with Crippen molar-refractivity contribution in [3.63, 3.8) is 0 Å². The van der Waals surface area contributed by atoms with E-state index in [4.69, 9.17) is 5.84 Å². The molecule has 5 nitrogen and oxygen atoms in total. The quantitative estimate of drug-likeness (QED) is 0.569. The molecular weight excluding hydrogens is 262 g/mol. The second-order valence-electron chi connectivity index (χ2n) is 5.18. The Morgan fingerprint density at radius 2 is 1.90 bits per heavy atom. The summed E-state index contributed by atoms with van der Waals surface area (Å²) in [5.41, 5.74) is 4.31. The maximum atomic E-state index is 5.52. The van der Waals surface area contributed by atoms with Crippen molar-refractivity contribution in [2.45, 2.75) is 19.8 Å². The van der Waals surface area contributed by atoms with Crippen molar-refractivity contribution in [3.05, 3.63) is 48.3 Å². The summed E-state index contributed by atoms with van der Waals surface area (Å²) < 4.78 is 0. The molecule has 5 heteroatoms. The number of benzene rings is 1. The van der Waals surface area contributed by atoms with Crippen LogP contribution in [0.5, 0.6) is 0 Å². The number of nitrogens with one attached hydrogen (secondary N) is 1. The van der Waals surface area contributed by atoms with Crippen LogP contribution in [0.15, 0.2) is 42.6 Å². The van der Waals surface area contributed by atoms with Crippen LogP contribution in [0.1, 0.15) is 25.5 Å². The standard InChI is InChI=1S/C16H17N5/c1-10(2)13-9-14(21-17)20-16(19-13)15-12-6-4-3-5-11(12)7-8-18-15/h3-10H,17H2,1-2H3,(H,19,20,21). The Kier molecular flexibility index (Phi) is 3.50. The summed E-state index contributed by atoms with van der Waals surface area (Å²) >= 11 is 0. The number of hydrogen-bond donors (Lipinski definition) is 2. The molecule has 21 heavy (non-hydrogen) atoms. The van der Waals surface area contributed by atoms with Gasteiger partial charge in [-0.1, -0.05) is 38.1 Å². The average molecular weight is 279 g/mol. The lowest BCUT2D eigenvalue weighted by atomic mass is 10.1. The molecule has 0 atom stereocenters. The molecule has 0 bridgehead atoms. The molecule has 3 aromatic rings. The number of pyridine rings is 1. The third kappa shape index (κ3) is 2.55. The zero-order valence-electron chi connectivity index (χ0n) is 12.0. The molecular formula is C16H17N5. The summed E-state index contributed by atoms with van der Waals surface area (Å²) in [6.07, 6.45) is 1.78. The predicted molar refractivity (Wildman–Crippen MR) is 84.7 cm³/mol. The number of nitrogens with zero attached hydrogens (tertiary/aromatic N) is 3. The van der Waals surface area contributed by atoms with E-state index in [2.05, 4.69) is 40.3 Å². The van der Waals surface area contributed by atoms with Crippen LogP contribution in [0.3, 0.4) is 0 Å². The number of rotatable bonds is 3. The van der Waals surface area contributed by atoms with Crippen LogP contribution in [0.2, 0.25) is 0 Å². The summed E-state index contributed by atoms with van der Waals surface area (Å²) in [7, 11) is 0. The minimum atomic E-state index is 0.286. The average Bonchev–Trinajstić information content (AvgIpc) is 2.53. The molecule has 0 radical (unpaired) electrons. The number of nitrogens with two attached hydrogens (primary N) is 1. The SMILES string of the molecule is CC(C)c1cc(NN)nc(-c2nccc3ccccc23)n1.